The van der Waals surface area contributed by atoms with Crippen molar-refractivity contribution in [2.75, 3.05) is 46.9 Å². The molecule has 0 aliphatic carbocycles. The molecule has 3 heterocycles. The van der Waals surface area contributed by atoms with Crippen molar-refractivity contribution in [3.8, 4) is 0 Å². The third-order valence-corrected chi connectivity index (χ3v) is 4.91. The Hall–Kier alpha value is -1.57. The Morgan fingerprint density at radius 2 is 2.17 bits per heavy atom. The molecule has 2 atom stereocenters. The van der Waals surface area contributed by atoms with Crippen LogP contribution in [0.1, 0.15) is 23.3 Å². The number of carbonyl (C=O) groups excluding carboxylic acids is 1. The van der Waals surface area contributed by atoms with Crippen LogP contribution in [0.25, 0.3) is 0 Å². The van der Waals surface area contributed by atoms with Crippen molar-refractivity contribution in [2.45, 2.75) is 24.9 Å². The summed E-state index contributed by atoms with van der Waals surface area (Å²) < 4.78 is 5.48. The van der Waals surface area contributed by atoms with Crippen LogP contribution < -0.4 is 5.32 Å². The molecule has 3 rings (SSSR count). The van der Waals surface area contributed by atoms with Crippen LogP contribution in [0.4, 0.5) is 0 Å². The van der Waals surface area contributed by atoms with E-state index in [-0.39, 0.29) is 11.9 Å². The Balaban J connectivity index is 1.65. The fraction of sp³-hybridized carbons (Fsp3) is 0.706. The van der Waals surface area contributed by atoms with Gasteiger partial charge in [0.1, 0.15) is 12.0 Å². The highest BCUT2D eigenvalue weighted by molar-refractivity contribution is 5.92. The van der Waals surface area contributed by atoms with E-state index in [4.69, 9.17) is 4.74 Å². The van der Waals surface area contributed by atoms with Gasteiger partial charge in [0.2, 0.25) is 0 Å². The highest BCUT2D eigenvalue weighted by Crippen LogP contribution is 2.24. The van der Waals surface area contributed by atoms with Crippen LogP contribution in [-0.4, -0.2) is 84.7 Å². The first-order chi connectivity index (χ1) is 11.6. The summed E-state index contributed by atoms with van der Waals surface area (Å²) in [5.74, 6) is 0.314. The Labute approximate surface area is 143 Å². The summed E-state index contributed by atoms with van der Waals surface area (Å²) in [4.78, 5) is 25.1. The third-order valence-electron chi connectivity index (χ3n) is 4.91. The molecule has 2 saturated heterocycles. The van der Waals surface area contributed by atoms with Gasteiger partial charge in [-0.2, -0.15) is 0 Å². The monoisotopic (exact) mass is 333 g/mol. The summed E-state index contributed by atoms with van der Waals surface area (Å²) >= 11 is 0. The largest absolute Gasteiger partial charge is 0.381 e. The summed E-state index contributed by atoms with van der Waals surface area (Å²) in [5.41, 5.74) is 0.429. The summed E-state index contributed by atoms with van der Waals surface area (Å²) in [7, 11) is 4.17. The first-order valence-electron chi connectivity index (χ1n) is 8.67. The molecule has 0 unspecified atom stereocenters. The molecular formula is C17H27N5O2. The smallest absolute Gasteiger partial charge is 0.270 e. The van der Waals surface area contributed by atoms with Gasteiger partial charge in [-0.25, -0.2) is 9.97 Å². The van der Waals surface area contributed by atoms with E-state index >= 15 is 0 Å². The molecule has 24 heavy (non-hydrogen) atoms. The van der Waals surface area contributed by atoms with E-state index < -0.39 is 0 Å². The van der Waals surface area contributed by atoms with E-state index in [1.54, 1.807) is 12.3 Å². The molecule has 2 aliphatic rings. The van der Waals surface area contributed by atoms with Crippen LogP contribution >= 0.6 is 0 Å². The Kier molecular flexibility index (Phi) is 5.76. The number of amides is 1. The van der Waals surface area contributed by atoms with Gasteiger partial charge in [0, 0.05) is 57.0 Å². The number of ether oxygens (including phenoxy) is 1. The van der Waals surface area contributed by atoms with Gasteiger partial charge in [-0.05, 0) is 33.0 Å². The number of hydrogen-bond donors (Lipinski definition) is 1. The van der Waals surface area contributed by atoms with Crippen molar-refractivity contribution in [1.29, 1.82) is 0 Å². The maximum atomic E-state index is 12.5. The van der Waals surface area contributed by atoms with Crippen molar-refractivity contribution >= 4 is 5.91 Å². The SMILES string of the molecule is CN(C)C[C@@H]1CN(C2CCOCC2)C[C@H]1NC(=O)c1ccncn1. The molecule has 0 radical (unpaired) electrons. The van der Waals surface area contributed by atoms with Crippen molar-refractivity contribution < 1.29 is 9.53 Å². The van der Waals surface area contributed by atoms with E-state index in [9.17, 15) is 4.79 Å². The summed E-state index contributed by atoms with van der Waals surface area (Å²) in [6.07, 6.45) is 5.18. The lowest BCUT2D eigenvalue weighted by molar-refractivity contribution is 0.0403. The molecule has 0 saturated carbocycles. The molecule has 2 aliphatic heterocycles. The average molecular weight is 333 g/mol. The first-order valence-corrected chi connectivity index (χ1v) is 8.67. The lowest BCUT2D eigenvalue weighted by Crippen LogP contribution is -2.44. The standard InChI is InChI=1S/C17H27N5O2/c1-21(2)9-13-10-22(14-4-7-24-8-5-14)11-16(13)20-17(23)15-3-6-18-12-19-15/h3,6,12-14,16H,4-5,7-11H2,1-2H3,(H,20,23)/t13-,16-/m1/s1. The third kappa shape index (κ3) is 4.28. The van der Waals surface area contributed by atoms with Gasteiger partial charge in [-0.1, -0.05) is 0 Å². The topological polar surface area (TPSA) is 70.6 Å². The second-order valence-corrected chi connectivity index (χ2v) is 6.99. The van der Waals surface area contributed by atoms with Crippen molar-refractivity contribution in [1.82, 2.24) is 25.1 Å². The molecule has 1 aromatic rings. The number of rotatable bonds is 5. The summed E-state index contributed by atoms with van der Waals surface area (Å²) in [6, 6.07) is 2.38. The minimum absolute atomic E-state index is 0.111. The number of nitrogens with one attached hydrogen (secondary N) is 1. The maximum absolute atomic E-state index is 12.5. The lowest BCUT2D eigenvalue weighted by atomic mass is 10.0. The fourth-order valence-electron chi connectivity index (χ4n) is 3.74. The van der Waals surface area contributed by atoms with Crippen LogP contribution in [0.5, 0.6) is 0 Å². The second kappa shape index (κ2) is 8.00. The van der Waals surface area contributed by atoms with Crippen LogP contribution in [0.2, 0.25) is 0 Å². The molecule has 0 aromatic carbocycles. The van der Waals surface area contributed by atoms with Crippen LogP contribution in [0.15, 0.2) is 18.6 Å². The fourth-order valence-corrected chi connectivity index (χ4v) is 3.74. The van der Waals surface area contributed by atoms with E-state index in [1.807, 2.05) is 0 Å². The number of likely N-dealkylation sites (tertiary alicyclic amines) is 1. The highest BCUT2D eigenvalue weighted by atomic mass is 16.5. The quantitative estimate of drug-likeness (QED) is 0.833. The molecule has 7 nitrogen and oxygen atoms in total. The predicted octanol–water partition coefficient (Wildman–Crippen LogP) is 0.247. The number of aromatic nitrogens is 2. The summed E-state index contributed by atoms with van der Waals surface area (Å²) in [6.45, 7) is 4.58. The molecule has 1 amide bonds. The zero-order valence-corrected chi connectivity index (χ0v) is 14.5. The van der Waals surface area contributed by atoms with Gasteiger partial charge >= 0.3 is 0 Å². The zero-order valence-electron chi connectivity index (χ0n) is 14.5. The Morgan fingerprint density at radius 1 is 1.38 bits per heavy atom. The van der Waals surface area contributed by atoms with E-state index in [0.29, 0.717) is 17.7 Å². The minimum atomic E-state index is -0.111. The van der Waals surface area contributed by atoms with Crippen LogP contribution in [-0.2, 0) is 4.74 Å². The predicted molar refractivity (Wildman–Crippen MR) is 90.7 cm³/mol. The van der Waals surface area contributed by atoms with E-state index in [2.05, 4.69) is 39.2 Å². The molecular weight excluding hydrogens is 306 g/mol. The number of hydrogen-bond acceptors (Lipinski definition) is 6. The van der Waals surface area contributed by atoms with E-state index in [0.717, 1.165) is 45.7 Å². The van der Waals surface area contributed by atoms with Crippen molar-refractivity contribution in [2.24, 2.45) is 5.92 Å². The zero-order chi connectivity index (χ0) is 16.9. The Morgan fingerprint density at radius 3 is 2.83 bits per heavy atom. The molecule has 0 bridgehead atoms. The minimum Gasteiger partial charge on any atom is -0.381 e. The molecule has 132 valence electrons. The molecule has 2 fully saturated rings. The molecule has 1 N–H and O–H groups in total. The molecule has 0 spiro atoms. The van der Waals surface area contributed by atoms with E-state index in [1.165, 1.54) is 6.33 Å². The van der Waals surface area contributed by atoms with Gasteiger partial charge in [0.05, 0.1) is 0 Å². The van der Waals surface area contributed by atoms with Crippen molar-refractivity contribution in [3.63, 3.8) is 0 Å². The second-order valence-electron chi connectivity index (χ2n) is 6.99. The van der Waals surface area contributed by atoms with Gasteiger partial charge in [0.15, 0.2) is 0 Å². The average Bonchev–Trinajstić information content (AvgIpc) is 2.98. The van der Waals surface area contributed by atoms with Crippen LogP contribution in [0, 0.1) is 5.92 Å². The summed E-state index contributed by atoms with van der Waals surface area (Å²) in [5, 5.41) is 3.19. The molecule has 1 aromatic heterocycles. The maximum Gasteiger partial charge on any atom is 0.270 e. The van der Waals surface area contributed by atoms with Gasteiger partial charge in [-0.15, -0.1) is 0 Å². The van der Waals surface area contributed by atoms with Gasteiger partial charge in [-0.3, -0.25) is 9.69 Å². The number of carbonyl (C=O) groups is 1. The van der Waals surface area contributed by atoms with Gasteiger partial charge in [0.25, 0.3) is 5.91 Å². The van der Waals surface area contributed by atoms with Gasteiger partial charge < -0.3 is 15.0 Å². The first kappa shape index (κ1) is 17.3. The Bertz CT molecular complexity index is 533. The number of nitrogens with zero attached hydrogens (tertiary/aromatic N) is 4. The lowest BCUT2D eigenvalue weighted by Gasteiger charge is -2.31. The molecule has 7 heteroatoms. The normalized spacial score (nSPS) is 26.0. The van der Waals surface area contributed by atoms with Crippen molar-refractivity contribution in [3.05, 3.63) is 24.3 Å². The highest BCUT2D eigenvalue weighted by Gasteiger charge is 2.37. The van der Waals surface area contributed by atoms with Crippen LogP contribution in [0.3, 0.4) is 0 Å².